The van der Waals surface area contributed by atoms with Gasteiger partial charge in [0.1, 0.15) is 13.6 Å². The zero-order valence-corrected chi connectivity index (χ0v) is 17.9. The number of hydrogen-bond acceptors (Lipinski definition) is 1. The van der Waals surface area contributed by atoms with Crippen molar-refractivity contribution in [2.75, 3.05) is 31.8 Å². The highest BCUT2D eigenvalue weighted by Gasteiger charge is 2.32. The van der Waals surface area contributed by atoms with Crippen molar-refractivity contribution in [3.63, 3.8) is 0 Å². The molecule has 2 aliphatic rings. The first-order valence-electron chi connectivity index (χ1n) is 9.82. The Balaban J connectivity index is 2.02. The first-order valence-corrected chi connectivity index (χ1v) is 12.3. The Morgan fingerprint density at radius 2 is 1.71 bits per heavy atom. The fourth-order valence-corrected chi connectivity index (χ4v) is 7.28. The van der Waals surface area contributed by atoms with Crippen LogP contribution in [0.15, 0.2) is 64.4 Å². The van der Waals surface area contributed by atoms with Gasteiger partial charge in [0.2, 0.25) is 5.36 Å². The third-order valence-corrected chi connectivity index (χ3v) is 9.24. The Morgan fingerprint density at radius 3 is 2.50 bits per heavy atom. The summed E-state index contributed by atoms with van der Waals surface area (Å²) in [5.41, 5.74) is 13.9. The van der Waals surface area contributed by atoms with Crippen molar-refractivity contribution in [3.8, 4) is 0 Å². The van der Waals surface area contributed by atoms with Crippen molar-refractivity contribution in [2.45, 2.75) is 23.1 Å². The molecule has 0 spiro atoms. The number of nitrogen functional groups attached to an aromatic ring is 1. The normalized spacial score (nSPS) is 17.7. The Hall–Kier alpha value is -2.52. The number of fused-ring (bicyclic) bond motifs is 3. The summed E-state index contributed by atoms with van der Waals surface area (Å²) in [4.78, 5) is 2.88. The molecule has 2 nitrogen and oxygen atoms in total. The van der Waals surface area contributed by atoms with Crippen LogP contribution in [-0.2, 0) is 6.42 Å². The number of benzene rings is 3. The van der Waals surface area contributed by atoms with E-state index < -0.39 is 10.0 Å². The van der Waals surface area contributed by atoms with Crippen molar-refractivity contribution in [2.24, 2.45) is 0 Å². The molecule has 3 aromatic rings. The van der Waals surface area contributed by atoms with Gasteiger partial charge in [-0.1, -0.05) is 30.3 Å². The van der Waals surface area contributed by atoms with Crippen LogP contribution in [0.1, 0.15) is 22.3 Å². The predicted molar refractivity (Wildman–Crippen MR) is 121 cm³/mol. The van der Waals surface area contributed by atoms with E-state index in [-0.39, 0.29) is 0 Å². The van der Waals surface area contributed by atoms with E-state index in [4.69, 9.17) is 5.73 Å². The SMILES string of the molecule is Cc1ccccc1C1=c2cc3c(cc2S(C)(C)c2cc(N)ccc21)=[N+](C)CC3. The van der Waals surface area contributed by atoms with E-state index in [1.54, 1.807) is 0 Å². The van der Waals surface area contributed by atoms with Crippen LogP contribution in [0.2, 0.25) is 0 Å². The molecule has 0 unspecified atom stereocenters. The summed E-state index contributed by atoms with van der Waals surface area (Å²) < 4.78 is 2.40. The van der Waals surface area contributed by atoms with Crippen molar-refractivity contribution in [3.05, 3.63) is 87.4 Å². The van der Waals surface area contributed by atoms with Gasteiger partial charge in [-0.2, -0.15) is 10.0 Å². The number of rotatable bonds is 1. The molecular formula is C25H27N2S+. The minimum atomic E-state index is -1.15. The molecule has 0 aliphatic carbocycles. The highest BCUT2D eigenvalue weighted by Crippen LogP contribution is 2.60. The minimum Gasteiger partial charge on any atom is -0.399 e. The molecule has 0 atom stereocenters. The molecule has 0 fully saturated rings. The van der Waals surface area contributed by atoms with Gasteiger partial charge in [0, 0.05) is 33.5 Å². The number of aryl methyl sites for hydroxylation is 1. The Morgan fingerprint density at radius 1 is 0.929 bits per heavy atom. The maximum atomic E-state index is 6.25. The van der Waals surface area contributed by atoms with Gasteiger partial charge < -0.3 is 5.73 Å². The molecule has 0 bridgehead atoms. The van der Waals surface area contributed by atoms with Gasteiger partial charge in [-0.3, -0.25) is 0 Å². The summed E-state index contributed by atoms with van der Waals surface area (Å²) in [7, 11) is 1.06. The predicted octanol–water partition coefficient (Wildman–Crippen LogP) is 3.30. The van der Waals surface area contributed by atoms with Gasteiger partial charge in [0.25, 0.3) is 0 Å². The smallest absolute Gasteiger partial charge is 0.204 e. The lowest BCUT2D eigenvalue weighted by Crippen LogP contribution is -2.29. The number of nitrogens with zero attached hydrogens (tertiary/aromatic N) is 1. The maximum Gasteiger partial charge on any atom is 0.204 e. The Bertz CT molecular complexity index is 1270. The van der Waals surface area contributed by atoms with E-state index in [9.17, 15) is 0 Å². The molecule has 0 radical (unpaired) electrons. The standard InChI is InChI=1S/C25H26N2S/c1-16-7-5-6-8-19(16)25-20-10-9-18(26)14-23(20)28(3,4)24-15-22-17(13-21(24)25)11-12-27(22)2/h5-10,13-15,26H,11-12H2,1-4H3/p+1. The van der Waals surface area contributed by atoms with Crippen LogP contribution in [0.5, 0.6) is 0 Å². The van der Waals surface area contributed by atoms with Gasteiger partial charge in [-0.15, -0.1) is 0 Å². The van der Waals surface area contributed by atoms with Crippen LogP contribution in [0.25, 0.3) is 5.57 Å². The van der Waals surface area contributed by atoms with Crippen molar-refractivity contribution >= 4 is 21.3 Å². The van der Waals surface area contributed by atoms with Crippen LogP contribution >= 0.6 is 10.0 Å². The summed E-state index contributed by atoms with van der Waals surface area (Å²) in [6.07, 6.45) is 5.96. The molecular weight excluding hydrogens is 360 g/mol. The van der Waals surface area contributed by atoms with Crippen LogP contribution < -0.4 is 20.9 Å². The van der Waals surface area contributed by atoms with Crippen molar-refractivity contribution < 1.29 is 0 Å². The lowest BCUT2D eigenvalue weighted by atomic mass is 9.91. The Labute approximate surface area is 168 Å². The average molecular weight is 388 g/mol. The lowest BCUT2D eigenvalue weighted by Gasteiger charge is -2.39. The minimum absolute atomic E-state index is 0.852. The van der Waals surface area contributed by atoms with Crippen molar-refractivity contribution in [1.29, 1.82) is 0 Å². The van der Waals surface area contributed by atoms with Crippen LogP contribution in [0.4, 0.5) is 5.69 Å². The topological polar surface area (TPSA) is 29.0 Å². The molecule has 28 heavy (non-hydrogen) atoms. The molecule has 2 N–H and O–H groups in total. The van der Waals surface area contributed by atoms with Gasteiger partial charge in [-0.05, 0) is 65.1 Å². The van der Waals surface area contributed by atoms with Gasteiger partial charge in [0.15, 0.2) is 0 Å². The first kappa shape index (κ1) is 17.6. The summed E-state index contributed by atoms with van der Waals surface area (Å²) in [5.74, 6) is 0. The van der Waals surface area contributed by atoms with Crippen molar-refractivity contribution in [1.82, 2.24) is 4.58 Å². The number of hydrogen-bond donors (Lipinski definition) is 1. The zero-order chi connectivity index (χ0) is 19.6. The van der Waals surface area contributed by atoms with E-state index in [0.717, 1.165) is 18.7 Å². The first-order chi connectivity index (χ1) is 13.4. The quantitative estimate of drug-likeness (QED) is 0.504. The highest BCUT2D eigenvalue weighted by atomic mass is 32.3. The molecule has 0 saturated carbocycles. The average Bonchev–Trinajstić information content (AvgIpc) is 3.03. The van der Waals surface area contributed by atoms with E-state index in [0.29, 0.717) is 0 Å². The fourth-order valence-electron chi connectivity index (χ4n) is 4.77. The Kier molecular flexibility index (Phi) is 3.76. The molecule has 142 valence electrons. The second-order valence-electron chi connectivity index (χ2n) is 8.42. The lowest BCUT2D eigenvalue weighted by molar-refractivity contribution is 0.719. The molecule has 0 aromatic heterocycles. The maximum absolute atomic E-state index is 6.25. The monoisotopic (exact) mass is 387 g/mol. The molecule has 2 aliphatic heterocycles. The molecule has 0 amide bonds. The highest BCUT2D eigenvalue weighted by molar-refractivity contribution is 8.32. The largest absolute Gasteiger partial charge is 0.399 e. The van der Waals surface area contributed by atoms with Gasteiger partial charge in [-0.25, -0.2) is 4.58 Å². The summed E-state index contributed by atoms with van der Waals surface area (Å²) in [6.45, 7) is 3.32. The second kappa shape index (κ2) is 5.99. The number of likely N-dealkylation sites (N-methyl/N-ethyl adjacent to an activating group) is 1. The van der Waals surface area contributed by atoms with Gasteiger partial charge >= 0.3 is 0 Å². The van der Waals surface area contributed by atoms with E-state index >= 15 is 0 Å². The van der Waals surface area contributed by atoms with Crippen LogP contribution in [0.3, 0.4) is 0 Å². The van der Waals surface area contributed by atoms with Crippen LogP contribution in [-0.4, -0.2) is 26.1 Å². The molecule has 3 heteroatoms. The zero-order valence-electron chi connectivity index (χ0n) is 17.0. The van der Waals surface area contributed by atoms with E-state index in [1.807, 2.05) is 0 Å². The number of nitrogens with two attached hydrogens (primary N) is 1. The van der Waals surface area contributed by atoms with Crippen LogP contribution in [0, 0.1) is 6.92 Å². The summed E-state index contributed by atoms with van der Waals surface area (Å²) in [6, 6.07) is 20.2. The third kappa shape index (κ3) is 2.39. The van der Waals surface area contributed by atoms with E-state index in [2.05, 4.69) is 85.7 Å². The summed E-state index contributed by atoms with van der Waals surface area (Å²) >= 11 is 0. The molecule has 0 saturated heterocycles. The molecule has 5 rings (SSSR count). The summed E-state index contributed by atoms with van der Waals surface area (Å²) in [5, 5.41) is 2.82. The van der Waals surface area contributed by atoms with Gasteiger partial charge in [0.05, 0.1) is 0 Å². The van der Waals surface area contributed by atoms with E-state index in [1.165, 1.54) is 48.2 Å². The third-order valence-electron chi connectivity index (χ3n) is 6.37. The number of anilines is 1. The molecule has 3 aromatic carbocycles. The second-order valence-corrected chi connectivity index (χ2v) is 12.0. The molecule has 2 heterocycles. The fraction of sp³-hybridized carbons (Fsp3) is 0.240.